The number of aryl methyl sites for hydroxylation is 1. The van der Waals surface area contributed by atoms with Crippen LogP contribution >= 0.6 is 11.6 Å². The Labute approximate surface area is 93.7 Å². The van der Waals surface area contributed by atoms with Gasteiger partial charge in [0, 0.05) is 18.1 Å². The molecule has 2 aromatic rings. The van der Waals surface area contributed by atoms with Gasteiger partial charge in [-0.05, 0) is 19.1 Å². The normalized spacial score (nSPS) is 10.5. The van der Waals surface area contributed by atoms with Crippen LogP contribution in [0.4, 0.5) is 0 Å². The van der Waals surface area contributed by atoms with E-state index in [9.17, 15) is 0 Å². The summed E-state index contributed by atoms with van der Waals surface area (Å²) in [4.78, 5) is 8.59. The third-order valence-electron chi connectivity index (χ3n) is 2.20. The number of halogens is 1. The fourth-order valence-corrected chi connectivity index (χ4v) is 1.70. The Bertz CT molecular complexity index is 451. The van der Waals surface area contributed by atoms with Gasteiger partial charge < -0.3 is 4.57 Å². The van der Waals surface area contributed by atoms with Gasteiger partial charge in [-0.15, -0.1) is 11.6 Å². The number of imidazole rings is 1. The van der Waals surface area contributed by atoms with E-state index in [2.05, 4.69) is 9.97 Å². The molecule has 0 saturated heterocycles. The summed E-state index contributed by atoms with van der Waals surface area (Å²) >= 11 is 5.77. The van der Waals surface area contributed by atoms with E-state index in [0.717, 1.165) is 23.8 Å². The fraction of sp³-hybridized carbons (Fsp3) is 0.273. The first-order valence-corrected chi connectivity index (χ1v) is 5.31. The number of aromatic nitrogens is 3. The van der Waals surface area contributed by atoms with Crippen molar-refractivity contribution < 1.29 is 0 Å². The standard InChI is InChI=1S/C11H12ClN3/c1-9-3-2-4-10(14-9)8-15-6-5-13-11(15)7-12/h2-6H,7-8H2,1H3. The Kier molecular flexibility index (Phi) is 3.02. The van der Waals surface area contributed by atoms with E-state index in [1.807, 2.05) is 35.9 Å². The lowest BCUT2D eigenvalue weighted by molar-refractivity contribution is 0.733. The molecule has 0 saturated carbocycles. The van der Waals surface area contributed by atoms with Crippen LogP contribution in [-0.2, 0) is 12.4 Å². The minimum absolute atomic E-state index is 0.429. The molecule has 0 amide bonds. The first-order valence-electron chi connectivity index (χ1n) is 4.78. The molecule has 0 aromatic carbocycles. The second kappa shape index (κ2) is 4.45. The van der Waals surface area contributed by atoms with Crippen LogP contribution in [0.2, 0.25) is 0 Å². The van der Waals surface area contributed by atoms with Crippen LogP contribution < -0.4 is 0 Å². The molecule has 0 atom stereocenters. The van der Waals surface area contributed by atoms with Crippen LogP contribution in [0.5, 0.6) is 0 Å². The summed E-state index contributed by atoms with van der Waals surface area (Å²) in [6, 6.07) is 6.00. The van der Waals surface area contributed by atoms with Crippen LogP contribution in [0.25, 0.3) is 0 Å². The first-order chi connectivity index (χ1) is 7.29. The fourth-order valence-electron chi connectivity index (χ4n) is 1.48. The summed E-state index contributed by atoms with van der Waals surface area (Å²) < 4.78 is 2.01. The topological polar surface area (TPSA) is 30.7 Å². The van der Waals surface area contributed by atoms with Crippen LogP contribution in [0.3, 0.4) is 0 Å². The molecule has 78 valence electrons. The van der Waals surface area contributed by atoms with Crippen LogP contribution in [0, 0.1) is 6.92 Å². The molecule has 0 spiro atoms. The molecule has 2 heterocycles. The van der Waals surface area contributed by atoms with Crippen LogP contribution in [0.1, 0.15) is 17.2 Å². The molecule has 0 aliphatic rings. The van der Waals surface area contributed by atoms with Gasteiger partial charge >= 0.3 is 0 Å². The van der Waals surface area contributed by atoms with Crippen molar-refractivity contribution in [1.82, 2.24) is 14.5 Å². The highest BCUT2D eigenvalue weighted by Gasteiger charge is 2.02. The molecular formula is C11H12ClN3. The van der Waals surface area contributed by atoms with Gasteiger partial charge in [0.2, 0.25) is 0 Å². The van der Waals surface area contributed by atoms with Crippen LogP contribution in [0.15, 0.2) is 30.6 Å². The number of hydrogen-bond donors (Lipinski definition) is 0. The molecular weight excluding hydrogens is 210 g/mol. The molecule has 0 N–H and O–H groups in total. The lowest BCUT2D eigenvalue weighted by atomic mass is 10.3. The molecule has 0 aliphatic carbocycles. The Balaban J connectivity index is 2.22. The van der Waals surface area contributed by atoms with Crippen molar-refractivity contribution in [3.63, 3.8) is 0 Å². The van der Waals surface area contributed by atoms with Crippen molar-refractivity contribution in [2.75, 3.05) is 0 Å². The second-order valence-electron chi connectivity index (χ2n) is 3.38. The van der Waals surface area contributed by atoms with Crippen molar-refractivity contribution in [2.24, 2.45) is 0 Å². The maximum atomic E-state index is 5.77. The van der Waals surface area contributed by atoms with Gasteiger partial charge in [0.05, 0.1) is 18.1 Å². The number of hydrogen-bond acceptors (Lipinski definition) is 2. The smallest absolute Gasteiger partial charge is 0.123 e. The van der Waals surface area contributed by atoms with Gasteiger partial charge in [-0.25, -0.2) is 4.98 Å². The summed E-state index contributed by atoms with van der Waals surface area (Å²) in [5.41, 5.74) is 2.06. The van der Waals surface area contributed by atoms with Gasteiger partial charge in [-0.1, -0.05) is 6.07 Å². The van der Waals surface area contributed by atoms with E-state index in [1.165, 1.54) is 0 Å². The summed E-state index contributed by atoms with van der Waals surface area (Å²) in [6.07, 6.45) is 3.68. The molecule has 2 aromatic heterocycles. The van der Waals surface area contributed by atoms with Crippen molar-refractivity contribution in [3.05, 3.63) is 47.8 Å². The summed E-state index contributed by atoms with van der Waals surface area (Å²) in [5.74, 6) is 1.30. The monoisotopic (exact) mass is 221 g/mol. The van der Waals surface area contributed by atoms with E-state index < -0.39 is 0 Å². The van der Waals surface area contributed by atoms with Gasteiger partial charge in [-0.3, -0.25) is 4.98 Å². The molecule has 0 fully saturated rings. The average Bonchev–Trinajstić information content (AvgIpc) is 2.65. The highest BCUT2D eigenvalue weighted by Crippen LogP contribution is 2.06. The number of rotatable bonds is 3. The van der Waals surface area contributed by atoms with E-state index in [0.29, 0.717) is 5.88 Å². The highest BCUT2D eigenvalue weighted by atomic mass is 35.5. The zero-order valence-electron chi connectivity index (χ0n) is 8.52. The van der Waals surface area contributed by atoms with Crippen molar-refractivity contribution in [3.8, 4) is 0 Å². The summed E-state index contributed by atoms with van der Waals surface area (Å²) in [6.45, 7) is 2.71. The first kappa shape index (κ1) is 10.2. The lowest BCUT2D eigenvalue weighted by Crippen LogP contribution is -2.04. The predicted octanol–water partition coefficient (Wildman–Crippen LogP) is 2.37. The number of alkyl halides is 1. The minimum Gasteiger partial charge on any atom is -0.328 e. The van der Waals surface area contributed by atoms with Crippen LogP contribution in [-0.4, -0.2) is 14.5 Å². The molecule has 2 rings (SSSR count). The molecule has 0 radical (unpaired) electrons. The Hall–Kier alpha value is -1.35. The van der Waals surface area contributed by atoms with E-state index >= 15 is 0 Å². The highest BCUT2D eigenvalue weighted by molar-refractivity contribution is 6.16. The lowest BCUT2D eigenvalue weighted by Gasteiger charge is -2.05. The zero-order chi connectivity index (χ0) is 10.7. The molecule has 15 heavy (non-hydrogen) atoms. The number of pyridine rings is 1. The van der Waals surface area contributed by atoms with E-state index in [4.69, 9.17) is 11.6 Å². The predicted molar refractivity (Wildman–Crippen MR) is 59.9 cm³/mol. The van der Waals surface area contributed by atoms with Crippen molar-refractivity contribution >= 4 is 11.6 Å². The minimum atomic E-state index is 0.429. The molecule has 0 bridgehead atoms. The third kappa shape index (κ3) is 2.36. The Morgan fingerprint density at radius 3 is 3.00 bits per heavy atom. The van der Waals surface area contributed by atoms with E-state index in [1.54, 1.807) is 6.20 Å². The van der Waals surface area contributed by atoms with Gasteiger partial charge in [0.15, 0.2) is 0 Å². The third-order valence-corrected chi connectivity index (χ3v) is 2.44. The Morgan fingerprint density at radius 2 is 2.27 bits per heavy atom. The maximum Gasteiger partial charge on any atom is 0.123 e. The van der Waals surface area contributed by atoms with Gasteiger partial charge in [-0.2, -0.15) is 0 Å². The van der Waals surface area contributed by atoms with Crippen molar-refractivity contribution in [1.29, 1.82) is 0 Å². The summed E-state index contributed by atoms with van der Waals surface area (Å²) in [5, 5.41) is 0. The molecule has 0 aliphatic heterocycles. The van der Waals surface area contributed by atoms with Gasteiger partial charge in [0.25, 0.3) is 0 Å². The quantitative estimate of drug-likeness (QED) is 0.746. The zero-order valence-corrected chi connectivity index (χ0v) is 9.28. The largest absolute Gasteiger partial charge is 0.328 e. The number of nitrogens with zero attached hydrogens (tertiary/aromatic N) is 3. The average molecular weight is 222 g/mol. The molecule has 3 nitrogen and oxygen atoms in total. The molecule has 0 unspecified atom stereocenters. The Morgan fingerprint density at radius 1 is 1.40 bits per heavy atom. The molecule has 4 heteroatoms. The maximum absolute atomic E-state index is 5.77. The SMILES string of the molecule is Cc1cccc(Cn2ccnc2CCl)n1. The second-order valence-corrected chi connectivity index (χ2v) is 3.64. The summed E-state index contributed by atoms with van der Waals surface area (Å²) in [7, 11) is 0. The van der Waals surface area contributed by atoms with Gasteiger partial charge in [0.1, 0.15) is 5.82 Å². The van der Waals surface area contributed by atoms with E-state index in [-0.39, 0.29) is 0 Å². The van der Waals surface area contributed by atoms with Crippen molar-refractivity contribution in [2.45, 2.75) is 19.3 Å².